The number of rotatable bonds is 3. The van der Waals surface area contributed by atoms with Gasteiger partial charge in [-0.25, -0.2) is 4.79 Å². The number of benzene rings is 1. The van der Waals surface area contributed by atoms with Gasteiger partial charge < -0.3 is 9.52 Å². The minimum atomic E-state index is -0.950. The van der Waals surface area contributed by atoms with Crippen LogP contribution in [0, 0.1) is 0 Å². The van der Waals surface area contributed by atoms with Crippen molar-refractivity contribution in [2.75, 3.05) is 0 Å². The Morgan fingerprint density at radius 3 is 2.61 bits per heavy atom. The summed E-state index contributed by atoms with van der Waals surface area (Å²) in [6.45, 7) is 7.76. The first-order valence-electron chi connectivity index (χ1n) is 6.13. The molecule has 0 atom stereocenters. The second-order valence-corrected chi connectivity index (χ2v) is 5.65. The summed E-state index contributed by atoms with van der Waals surface area (Å²) in [5.74, 6) is -0.0389. The molecule has 0 aliphatic rings. The summed E-state index contributed by atoms with van der Waals surface area (Å²) < 4.78 is 6.66. The van der Waals surface area contributed by atoms with Gasteiger partial charge in [0.15, 0.2) is 5.58 Å². The van der Waals surface area contributed by atoms with E-state index in [1.165, 1.54) is 4.57 Å². The lowest BCUT2D eigenvalue weighted by atomic mass is 10.0. The summed E-state index contributed by atoms with van der Waals surface area (Å²) in [6, 6.07) is 5.73. The second-order valence-electron chi connectivity index (χ2n) is 5.65. The van der Waals surface area contributed by atoms with Crippen LogP contribution in [0.1, 0.15) is 39.2 Å². The monoisotopic (exact) mass is 249 g/mol. The lowest BCUT2D eigenvalue weighted by Gasteiger charge is -2.17. The van der Waals surface area contributed by atoms with Gasteiger partial charge in [-0.15, -0.1) is 0 Å². The van der Waals surface area contributed by atoms with Gasteiger partial charge >= 0.3 is 5.76 Å². The van der Waals surface area contributed by atoms with E-state index in [2.05, 4.69) is 13.8 Å². The minimum Gasteiger partial charge on any atom is -0.408 e. The molecule has 2 aromatic rings. The molecule has 18 heavy (non-hydrogen) atoms. The predicted octanol–water partition coefficient (Wildman–Crippen LogP) is 2.49. The average Bonchev–Trinajstić information content (AvgIpc) is 2.53. The van der Waals surface area contributed by atoms with E-state index in [4.69, 9.17) is 4.42 Å². The first-order chi connectivity index (χ1) is 8.28. The van der Waals surface area contributed by atoms with Gasteiger partial charge in [-0.2, -0.15) is 0 Å². The van der Waals surface area contributed by atoms with Crippen molar-refractivity contribution in [3.8, 4) is 0 Å². The van der Waals surface area contributed by atoms with Crippen molar-refractivity contribution < 1.29 is 9.52 Å². The van der Waals surface area contributed by atoms with Gasteiger partial charge in [0.1, 0.15) is 0 Å². The second kappa shape index (κ2) is 4.28. The zero-order valence-corrected chi connectivity index (χ0v) is 11.2. The number of oxazole rings is 1. The molecular formula is C14H19NO3. The maximum Gasteiger partial charge on any atom is 0.420 e. The molecule has 1 N–H and O–H groups in total. The van der Waals surface area contributed by atoms with E-state index in [-0.39, 0.29) is 6.54 Å². The summed E-state index contributed by atoms with van der Waals surface area (Å²) in [6.07, 6.45) is 0. The number of hydrogen-bond donors (Lipinski definition) is 1. The van der Waals surface area contributed by atoms with E-state index in [0.717, 1.165) is 11.1 Å². The number of fused-ring (bicyclic) bond motifs is 1. The SMILES string of the molecule is CC(C)c1ccc2oc(=O)n(CC(C)(C)O)c2c1. The van der Waals surface area contributed by atoms with E-state index in [0.29, 0.717) is 11.5 Å². The molecule has 0 aliphatic carbocycles. The summed E-state index contributed by atoms with van der Waals surface area (Å²) in [5.41, 5.74) is 1.50. The summed E-state index contributed by atoms with van der Waals surface area (Å²) in [5, 5.41) is 9.85. The van der Waals surface area contributed by atoms with Crippen LogP contribution in [0.25, 0.3) is 11.1 Å². The van der Waals surface area contributed by atoms with Crippen LogP contribution in [0.4, 0.5) is 0 Å². The molecule has 1 heterocycles. The Hall–Kier alpha value is -1.55. The lowest BCUT2D eigenvalue weighted by Crippen LogP contribution is -2.30. The zero-order chi connectivity index (χ0) is 13.5. The third-order valence-corrected chi connectivity index (χ3v) is 2.90. The molecule has 0 fully saturated rings. The summed E-state index contributed by atoms with van der Waals surface area (Å²) >= 11 is 0. The Labute approximate surface area is 106 Å². The highest BCUT2D eigenvalue weighted by molar-refractivity contribution is 5.74. The molecule has 98 valence electrons. The third kappa shape index (κ3) is 2.48. The molecule has 0 unspecified atom stereocenters. The fourth-order valence-electron chi connectivity index (χ4n) is 1.97. The van der Waals surface area contributed by atoms with Crippen molar-refractivity contribution in [1.82, 2.24) is 4.57 Å². The molecule has 0 saturated carbocycles. The molecule has 0 bridgehead atoms. The Morgan fingerprint density at radius 2 is 2.06 bits per heavy atom. The van der Waals surface area contributed by atoms with Gasteiger partial charge in [-0.05, 0) is 37.5 Å². The molecule has 0 aliphatic heterocycles. The quantitative estimate of drug-likeness (QED) is 0.909. The van der Waals surface area contributed by atoms with Crippen molar-refractivity contribution >= 4 is 11.1 Å². The Balaban J connectivity index is 2.61. The topological polar surface area (TPSA) is 55.4 Å². The van der Waals surface area contributed by atoms with Crippen LogP contribution in [0.15, 0.2) is 27.4 Å². The third-order valence-electron chi connectivity index (χ3n) is 2.90. The normalized spacial score (nSPS) is 12.6. The van der Waals surface area contributed by atoms with E-state index in [1.54, 1.807) is 13.8 Å². The molecule has 4 heteroatoms. The van der Waals surface area contributed by atoms with Gasteiger partial charge in [0.25, 0.3) is 0 Å². The molecule has 0 saturated heterocycles. The van der Waals surface area contributed by atoms with Gasteiger partial charge in [-0.1, -0.05) is 19.9 Å². The number of nitrogens with zero attached hydrogens (tertiary/aromatic N) is 1. The van der Waals surface area contributed by atoms with E-state index >= 15 is 0 Å². The largest absolute Gasteiger partial charge is 0.420 e. The first kappa shape index (κ1) is 12.9. The van der Waals surface area contributed by atoms with Crippen molar-refractivity contribution in [2.24, 2.45) is 0 Å². The fourth-order valence-corrected chi connectivity index (χ4v) is 1.97. The minimum absolute atomic E-state index is 0.223. The standard InChI is InChI=1S/C14H19NO3/c1-9(2)10-5-6-12-11(7-10)15(13(16)18-12)8-14(3,4)17/h5-7,9,17H,8H2,1-4H3. The highest BCUT2D eigenvalue weighted by Crippen LogP contribution is 2.21. The van der Waals surface area contributed by atoms with Crippen LogP contribution in [-0.4, -0.2) is 15.3 Å². The Kier molecular flexibility index (Phi) is 3.07. The van der Waals surface area contributed by atoms with Crippen molar-refractivity contribution in [2.45, 2.75) is 45.8 Å². The maximum absolute atomic E-state index is 11.8. The molecule has 1 aromatic carbocycles. The van der Waals surface area contributed by atoms with Crippen LogP contribution in [0.3, 0.4) is 0 Å². The molecule has 0 spiro atoms. The van der Waals surface area contributed by atoms with Crippen molar-refractivity contribution in [3.63, 3.8) is 0 Å². The molecule has 0 radical (unpaired) electrons. The smallest absolute Gasteiger partial charge is 0.408 e. The first-order valence-corrected chi connectivity index (χ1v) is 6.13. The molecule has 2 rings (SSSR count). The maximum atomic E-state index is 11.8. The summed E-state index contributed by atoms with van der Waals surface area (Å²) in [4.78, 5) is 11.8. The highest BCUT2D eigenvalue weighted by atomic mass is 16.4. The van der Waals surface area contributed by atoms with Crippen LogP contribution in [-0.2, 0) is 6.54 Å². The molecule has 1 aromatic heterocycles. The molecule has 4 nitrogen and oxygen atoms in total. The highest BCUT2D eigenvalue weighted by Gasteiger charge is 2.19. The Morgan fingerprint density at radius 1 is 1.39 bits per heavy atom. The average molecular weight is 249 g/mol. The summed E-state index contributed by atoms with van der Waals surface area (Å²) in [7, 11) is 0. The van der Waals surface area contributed by atoms with Crippen molar-refractivity contribution in [1.29, 1.82) is 0 Å². The van der Waals surface area contributed by atoms with Crippen LogP contribution in [0.2, 0.25) is 0 Å². The number of aromatic nitrogens is 1. The van der Waals surface area contributed by atoms with E-state index in [9.17, 15) is 9.90 Å². The Bertz CT molecular complexity index is 614. The lowest BCUT2D eigenvalue weighted by molar-refractivity contribution is 0.0605. The fraction of sp³-hybridized carbons (Fsp3) is 0.500. The molecule has 0 amide bonds. The number of aliphatic hydroxyl groups is 1. The zero-order valence-electron chi connectivity index (χ0n) is 11.2. The van der Waals surface area contributed by atoms with Crippen molar-refractivity contribution in [3.05, 3.63) is 34.3 Å². The van der Waals surface area contributed by atoms with Gasteiger partial charge in [0.2, 0.25) is 0 Å². The van der Waals surface area contributed by atoms with Crippen LogP contribution in [0.5, 0.6) is 0 Å². The van der Waals surface area contributed by atoms with Crippen LogP contribution >= 0.6 is 0 Å². The predicted molar refractivity (Wildman–Crippen MR) is 70.9 cm³/mol. The van der Waals surface area contributed by atoms with E-state index < -0.39 is 11.4 Å². The van der Waals surface area contributed by atoms with Crippen LogP contribution < -0.4 is 5.76 Å². The van der Waals surface area contributed by atoms with Gasteiger partial charge in [-0.3, -0.25) is 4.57 Å². The molecular weight excluding hydrogens is 230 g/mol. The van der Waals surface area contributed by atoms with Gasteiger partial charge in [0, 0.05) is 0 Å². The van der Waals surface area contributed by atoms with E-state index in [1.807, 2.05) is 18.2 Å². The van der Waals surface area contributed by atoms with Gasteiger partial charge in [0.05, 0.1) is 17.7 Å². The number of hydrogen-bond acceptors (Lipinski definition) is 3.